The van der Waals surface area contributed by atoms with Crippen LogP contribution in [-0.2, 0) is 6.54 Å². The number of nitrogens with zero attached hydrogens (tertiary/aromatic N) is 1. The predicted molar refractivity (Wildman–Crippen MR) is 76.3 cm³/mol. The highest BCUT2D eigenvalue weighted by Crippen LogP contribution is 2.21. The first kappa shape index (κ1) is 13.4. The van der Waals surface area contributed by atoms with E-state index in [-0.39, 0.29) is 5.91 Å². The van der Waals surface area contributed by atoms with Gasteiger partial charge in [-0.15, -0.1) is 0 Å². The molecule has 0 radical (unpaired) electrons. The number of benzene rings is 1. The van der Waals surface area contributed by atoms with E-state index in [1.165, 1.54) is 0 Å². The third kappa shape index (κ3) is 3.23. The minimum atomic E-state index is -0.0478. The number of hydrogen-bond donors (Lipinski definition) is 0. The van der Waals surface area contributed by atoms with Crippen molar-refractivity contribution in [3.63, 3.8) is 0 Å². The summed E-state index contributed by atoms with van der Waals surface area (Å²) in [6, 6.07) is 9.14. The zero-order chi connectivity index (χ0) is 13.1. The van der Waals surface area contributed by atoms with Crippen LogP contribution in [0.5, 0.6) is 0 Å². The lowest BCUT2D eigenvalue weighted by Gasteiger charge is -2.16. The summed E-state index contributed by atoms with van der Waals surface area (Å²) in [7, 11) is 1.75. The summed E-state index contributed by atoms with van der Waals surface area (Å²) in [5, 5.41) is 0. The molecule has 2 rings (SSSR count). The van der Waals surface area contributed by atoms with Gasteiger partial charge < -0.3 is 9.32 Å². The minimum absolute atomic E-state index is 0.0478. The molecule has 0 N–H and O–H groups in total. The summed E-state index contributed by atoms with van der Waals surface area (Å²) in [5.41, 5.74) is 0.630. The van der Waals surface area contributed by atoms with E-state index in [2.05, 4.69) is 31.9 Å². The van der Waals surface area contributed by atoms with Crippen LogP contribution in [-0.4, -0.2) is 17.9 Å². The molecule has 2 aromatic rings. The standard InChI is InChI=1S/C13H11Br2NO2/c1-16(8-12-3-2-4-18-12)13(17)9-5-10(14)7-11(15)6-9/h2-7H,8H2,1H3. The molecule has 0 spiro atoms. The molecular weight excluding hydrogens is 362 g/mol. The second-order valence-electron chi connectivity index (χ2n) is 3.90. The predicted octanol–water partition coefficient (Wildman–Crippen LogP) is 4.08. The number of hydrogen-bond acceptors (Lipinski definition) is 2. The van der Waals surface area contributed by atoms with Crippen molar-refractivity contribution in [2.45, 2.75) is 6.54 Å². The van der Waals surface area contributed by atoms with Crippen molar-refractivity contribution in [3.8, 4) is 0 Å². The molecule has 1 amide bonds. The number of furan rings is 1. The molecule has 1 aromatic heterocycles. The molecule has 0 saturated heterocycles. The Labute approximate surface area is 122 Å². The van der Waals surface area contributed by atoms with Gasteiger partial charge in [-0.25, -0.2) is 0 Å². The van der Waals surface area contributed by atoms with Crippen molar-refractivity contribution in [3.05, 3.63) is 56.9 Å². The van der Waals surface area contributed by atoms with Gasteiger partial charge in [-0.3, -0.25) is 4.79 Å². The van der Waals surface area contributed by atoms with Gasteiger partial charge in [-0.2, -0.15) is 0 Å². The van der Waals surface area contributed by atoms with E-state index in [1.807, 2.05) is 18.2 Å². The molecule has 5 heteroatoms. The topological polar surface area (TPSA) is 33.5 Å². The van der Waals surface area contributed by atoms with Crippen LogP contribution in [0.15, 0.2) is 50.0 Å². The summed E-state index contributed by atoms with van der Waals surface area (Å²) in [4.78, 5) is 13.8. The Morgan fingerprint density at radius 3 is 2.50 bits per heavy atom. The molecule has 1 aromatic carbocycles. The largest absolute Gasteiger partial charge is 0.467 e. The first-order chi connectivity index (χ1) is 8.56. The summed E-state index contributed by atoms with van der Waals surface area (Å²) in [5.74, 6) is 0.716. The van der Waals surface area contributed by atoms with Crippen molar-refractivity contribution >= 4 is 37.8 Å². The first-order valence-electron chi connectivity index (χ1n) is 5.30. The maximum atomic E-state index is 12.2. The summed E-state index contributed by atoms with van der Waals surface area (Å²) in [6.45, 7) is 0.454. The SMILES string of the molecule is CN(Cc1ccco1)C(=O)c1cc(Br)cc(Br)c1. The lowest BCUT2D eigenvalue weighted by Crippen LogP contribution is -2.26. The fourth-order valence-electron chi connectivity index (χ4n) is 1.61. The van der Waals surface area contributed by atoms with E-state index in [4.69, 9.17) is 4.42 Å². The molecule has 0 unspecified atom stereocenters. The van der Waals surface area contributed by atoms with Crippen LogP contribution in [0.3, 0.4) is 0 Å². The van der Waals surface area contributed by atoms with Crippen LogP contribution in [0.4, 0.5) is 0 Å². The van der Waals surface area contributed by atoms with Gasteiger partial charge in [0.05, 0.1) is 12.8 Å². The molecule has 94 valence electrons. The third-order valence-corrected chi connectivity index (χ3v) is 3.34. The van der Waals surface area contributed by atoms with Gasteiger partial charge in [0.2, 0.25) is 0 Å². The Morgan fingerprint density at radius 2 is 1.94 bits per heavy atom. The zero-order valence-electron chi connectivity index (χ0n) is 9.69. The normalized spacial score (nSPS) is 10.4. The van der Waals surface area contributed by atoms with E-state index in [1.54, 1.807) is 30.3 Å². The molecule has 0 atom stereocenters. The Morgan fingerprint density at radius 1 is 1.28 bits per heavy atom. The number of halogens is 2. The number of amides is 1. The van der Waals surface area contributed by atoms with Crippen molar-refractivity contribution in [2.24, 2.45) is 0 Å². The quantitative estimate of drug-likeness (QED) is 0.813. The fraction of sp³-hybridized carbons (Fsp3) is 0.154. The van der Waals surface area contributed by atoms with Crippen molar-refractivity contribution in [2.75, 3.05) is 7.05 Å². The van der Waals surface area contributed by atoms with Gasteiger partial charge in [0.1, 0.15) is 5.76 Å². The average Bonchev–Trinajstić information content (AvgIpc) is 2.79. The van der Waals surface area contributed by atoms with Crippen molar-refractivity contribution in [1.82, 2.24) is 4.90 Å². The van der Waals surface area contributed by atoms with Gasteiger partial charge in [0.25, 0.3) is 5.91 Å². The monoisotopic (exact) mass is 371 g/mol. The summed E-state index contributed by atoms with van der Waals surface area (Å²) < 4.78 is 6.96. The first-order valence-corrected chi connectivity index (χ1v) is 6.89. The minimum Gasteiger partial charge on any atom is -0.467 e. The molecule has 0 bridgehead atoms. The Kier molecular flexibility index (Phi) is 4.24. The second-order valence-corrected chi connectivity index (χ2v) is 5.73. The highest BCUT2D eigenvalue weighted by molar-refractivity contribution is 9.11. The number of rotatable bonds is 3. The van der Waals surface area contributed by atoms with Crippen molar-refractivity contribution in [1.29, 1.82) is 0 Å². The summed E-state index contributed by atoms with van der Waals surface area (Å²) in [6.07, 6.45) is 1.60. The molecule has 0 saturated carbocycles. The van der Waals surface area contributed by atoms with E-state index in [9.17, 15) is 4.79 Å². The van der Waals surface area contributed by atoms with Gasteiger partial charge in [-0.1, -0.05) is 31.9 Å². The average molecular weight is 373 g/mol. The van der Waals surface area contributed by atoms with Crippen LogP contribution in [0.25, 0.3) is 0 Å². The molecule has 0 aliphatic rings. The van der Waals surface area contributed by atoms with Crippen LogP contribution in [0, 0.1) is 0 Å². The lowest BCUT2D eigenvalue weighted by atomic mass is 10.2. The van der Waals surface area contributed by atoms with Crippen LogP contribution in [0.1, 0.15) is 16.1 Å². The molecule has 1 heterocycles. The molecule has 0 fully saturated rings. The summed E-state index contributed by atoms with van der Waals surface area (Å²) >= 11 is 6.74. The second kappa shape index (κ2) is 5.71. The smallest absolute Gasteiger partial charge is 0.254 e. The van der Waals surface area contributed by atoms with Crippen LogP contribution >= 0.6 is 31.9 Å². The lowest BCUT2D eigenvalue weighted by molar-refractivity contribution is 0.0775. The fourth-order valence-corrected chi connectivity index (χ4v) is 2.90. The molecule has 3 nitrogen and oxygen atoms in total. The molecule has 18 heavy (non-hydrogen) atoms. The van der Waals surface area contributed by atoms with E-state index >= 15 is 0 Å². The van der Waals surface area contributed by atoms with E-state index in [0.717, 1.165) is 14.7 Å². The molecule has 0 aliphatic heterocycles. The Balaban J connectivity index is 2.15. The maximum absolute atomic E-state index is 12.2. The highest BCUT2D eigenvalue weighted by Gasteiger charge is 2.14. The van der Waals surface area contributed by atoms with Gasteiger partial charge in [-0.05, 0) is 30.3 Å². The molecular formula is C13H11Br2NO2. The third-order valence-electron chi connectivity index (χ3n) is 2.43. The maximum Gasteiger partial charge on any atom is 0.254 e. The van der Waals surface area contributed by atoms with E-state index in [0.29, 0.717) is 12.1 Å². The number of carbonyl (C=O) groups excluding carboxylic acids is 1. The van der Waals surface area contributed by atoms with Crippen LogP contribution < -0.4 is 0 Å². The highest BCUT2D eigenvalue weighted by atomic mass is 79.9. The van der Waals surface area contributed by atoms with Gasteiger partial charge in [0, 0.05) is 21.6 Å². The van der Waals surface area contributed by atoms with Crippen LogP contribution in [0.2, 0.25) is 0 Å². The Hall–Kier alpha value is -1.07. The van der Waals surface area contributed by atoms with Gasteiger partial charge >= 0.3 is 0 Å². The number of carbonyl (C=O) groups is 1. The van der Waals surface area contributed by atoms with Crippen molar-refractivity contribution < 1.29 is 9.21 Å². The Bertz CT molecular complexity index is 532. The zero-order valence-corrected chi connectivity index (χ0v) is 12.9. The molecule has 0 aliphatic carbocycles. The van der Waals surface area contributed by atoms with Gasteiger partial charge in [0.15, 0.2) is 0 Å². The van der Waals surface area contributed by atoms with E-state index < -0.39 is 0 Å².